The lowest BCUT2D eigenvalue weighted by Gasteiger charge is -2.28. The predicted octanol–water partition coefficient (Wildman–Crippen LogP) is 5.89. The molecule has 4 rings (SSSR count). The van der Waals surface area contributed by atoms with Crippen LogP contribution in [0.15, 0.2) is 60.7 Å². The number of hydrogen-bond donors (Lipinski definition) is 2. The molecule has 2 amide bonds. The van der Waals surface area contributed by atoms with Crippen LogP contribution in [0.2, 0.25) is 0 Å². The van der Waals surface area contributed by atoms with E-state index >= 15 is 0 Å². The van der Waals surface area contributed by atoms with Crippen LogP contribution in [0.25, 0.3) is 0 Å². The Balaban J connectivity index is 1.56. The molecular formula is C36H41F2N3O3. The molecule has 0 aromatic heterocycles. The van der Waals surface area contributed by atoms with Crippen molar-refractivity contribution in [2.45, 2.75) is 70.6 Å². The molecular weight excluding hydrogens is 560 g/mol. The third-order valence-electron chi connectivity index (χ3n) is 7.88. The number of ether oxygens (including phenoxy) is 1. The quantitative estimate of drug-likeness (QED) is 0.226. The smallest absolute Gasteiger partial charge is 0.253 e. The van der Waals surface area contributed by atoms with Crippen LogP contribution in [-0.2, 0) is 16.8 Å². The summed E-state index contributed by atoms with van der Waals surface area (Å²) in [5, 5.41) is 2.97. The number of nitrogens with one attached hydrogen (secondary N) is 1. The molecule has 0 spiro atoms. The molecule has 0 bridgehead atoms. The average Bonchev–Trinajstić information content (AvgIpc) is 3.79. The lowest BCUT2D eigenvalue weighted by atomic mass is 9.98. The minimum atomic E-state index is -0.729. The van der Waals surface area contributed by atoms with E-state index in [1.807, 2.05) is 45.0 Å². The van der Waals surface area contributed by atoms with Crippen LogP contribution in [0.3, 0.4) is 0 Å². The van der Waals surface area contributed by atoms with Crippen LogP contribution in [0.4, 0.5) is 8.78 Å². The third-order valence-corrected chi connectivity index (χ3v) is 7.88. The first-order valence-electron chi connectivity index (χ1n) is 15.2. The van der Waals surface area contributed by atoms with E-state index in [9.17, 15) is 18.4 Å². The summed E-state index contributed by atoms with van der Waals surface area (Å²) in [4.78, 5) is 28.7. The minimum Gasteiger partial charge on any atom is -0.369 e. The molecule has 1 aliphatic carbocycles. The van der Waals surface area contributed by atoms with Crippen LogP contribution in [0.5, 0.6) is 0 Å². The second kappa shape index (κ2) is 14.6. The fourth-order valence-corrected chi connectivity index (χ4v) is 5.51. The molecule has 44 heavy (non-hydrogen) atoms. The Morgan fingerprint density at radius 3 is 2.30 bits per heavy atom. The normalized spacial score (nSPS) is 14.8. The number of carbonyl (C=O) groups excluding carboxylic acids is 2. The highest BCUT2D eigenvalue weighted by atomic mass is 19.1. The summed E-state index contributed by atoms with van der Waals surface area (Å²) >= 11 is 0. The number of rotatable bonds is 14. The van der Waals surface area contributed by atoms with Crippen molar-refractivity contribution in [2.24, 2.45) is 5.73 Å². The van der Waals surface area contributed by atoms with Gasteiger partial charge in [-0.15, -0.1) is 6.42 Å². The van der Waals surface area contributed by atoms with E-state index in [2.05, 4.69) is 11.2 Å². The van der Waals surface area contributed by atoms with Gasteiger partial charge in [-0.1, -0.05) is 31.9 Å². The van der Waals surface area contributed by atoms with Gasteiger partial charge in [-0.2, -0.15) is 0 Å². The Hall–Kier alpha value is -4.06. The van der Waals surface area contributed by atoms with Crippen molar-refractivity contribution in [3.05, 3.63) is 106 Å². The zero-order valence-corrected chi connectivity index (χ0v) is 25.7. The van der Waals surface area contributed by atoms with E-state index in [4.69, 9.17) is 16.9 Å². The van der Waals surface area contributed by atoms with Gasteiger partial charge in [0.25, 0.3) is 11.8 Å². The van der Waals surface area contributed by atoms with Gasteiger partial charge in [0.15, 0.2) is 0 Å². The van der Waals surface area contributed by atoms with E-state index in [1.165, 1.54) is 12.1 Å². The standard InChI is InChI=1S/C36H41F2N3O3/c1-5-13-41(14-6-2)35(43)28-16-24(4)15-27(21-28)34(42)40-33(20-26-18-30(37)22-31(38)19-26)32(39)23-44-36(11-12-36)29-10-8-9-25(7-3)17-29/h3,8-10,15-19,21-22,32-33H,5-6,11-14,20,23,39H2,1-2,4H3,(H,40,42)/t32?,33-/m0/s1. The Morgan fingerprint density at radius 2 is 1.68 bits per heavy atom. The topological polar surface area (TPSA) is 84.7 Å². The largest absolute Gasteiger partial charge is 0.369 e. The van der Waals surface area contributed by atoms with Gasteiger partial charge in [0.1, 0.15) is 11.6 Å². The van der Waals surface area contributed by atoms with Crippen LogP contribution in [-0.4, -0.2) is 48.5 Å². The highest BCUT2D eigenvalue weighted by molar-refractivity contribution is 6.00. The van der Waals surface area contributed by atoms with Crippen LogP contribution >= 0.6 is 0 Å². The lowest BCUT2D eigenvalue weighted by molar-refractivity contribution is 0.0164. The molecule has 2 atom stereocenters. The Bertz CT molecular complexity index is 1500. The van der Waals surface area contributed by atoms with Gasteiger partial charge < -0.3 is 20.7 Å². The lowest BCUT2D eigenvalue weighted by Crippen LogP contribution is -2.51. The molecule has 3 aromatic carbocycles. The number of halogens is 2. The highest BCUT2D eigenvalue weighted by Gasteiger charge is 2.46. The zero-order valence-electron chi connectivity index (χ0n) is 25.7. The molecule has 0 heterocycles. The number of terminal acetylenes is 1. The van der Waals surface area contributed by atoms with Crippen molar-refractivity contribution in [3.63, 3.8) is 0 Å². The first-order chi connectivity index (χ1) is 21.1. The van der Waals surface area contributed by atoms with Crippen molar-refractivity contribution in [3.8, 4) is 12.3 Å². The molecule has 1 aliphatic rings. The van der Waals surface area contributed by atoms with Crippen molar-refractivity contribution in [2.75, 3.05) is 19.7 Å². The van der Waals surface area contributed by atoms with Gasteiger partial charge in [0.05, 0.1) is 18.2 Å². The fourth-order valence-electron chi connectivity index (χ4n) is 5.51. The number of nitrogens with two attached hydrogens (primary N) is 1. The molecule has 232 valence electrons. The number of benzene rings is 3. The molecule has 0 aliphatic heterocycles. The molecule has 1 fully saturated rings. The maximum absolute atomic E-state index is 14.1. The summed E-state index contributed by atoms with van der Waals surface area (Å²) in [6.45, 7) is 7.19. The van der Waals surface area contributed by atoms with Crippen molar-refractivity contribution in [1.82, 2.24) is 10.2 Å². The fraction of sp³-hybridized carbons (Fsp3) is 0.389. The first-order valence-corrected chi connectivity index (χ1v) is 15.2. The van der Waals surface area contributed by atoms with E-state index in [0.29, 0.717) is 29.8 Å². The molecule has 0 saturated heterocycles. The van der Waals surface area contributed by atoms with Gasteiger partial charge in [0.2, 0.25) is 0 Å². The number of nitrogens with zero attached hydrogens (tertiary/aromatic N) is 1. The van der Waals surface area contributed by atoms with E-state index < -0.39 is 35.2 Å². The van der Waals surface area contributed by atoms with Gasteiger partial charge in [-0.25, -0.2) is 8.78 Å². The Morgan fingerprint density at radius 1 is 1.02 bits per heavy atom. The van der Waals surface area contributed by atoms with E-state index in [-0.39, 0.29) is 18.9 Å². The number of aryl methyl sites for hydroxylation is 1. The first kappa shape index (κ1) is 32.8. The number of amides is 2. The van der Waals surface area contributed by atoms with Crippen molar-refractivity contribution < 1.29 is 23.1 Å². The number of hydrogen-bond acceptors (Lipinski definition) is 4. The summed E-state index contributed by atoms with van der Waals surface area (Å²) in [7, 11) is 0. The summed E-state index contributed by atoms with van der Waals surface area (Å²) in [5.74, 6) is 0.634. The summed E-state index contributed by atoms with van der Waals surface area (Å²) in [6, 6.07) is 14.5. The van der Waals surface area contributed by atoms with Crippen LogP contribution in [0, 0.1) is 30.9 Å². The maximum Gasteiger partial charge on any atom is 0.253 e. The molecule has 6 nitrogen and oxygen atoms in total. The monoisotopic (exact) mass is 601 g/mol. The predicted molar refractivity (Wildman–Crippen MR) is 168 cm³/mol. The molecule has 8 heteroatoms. The molecule has 3 aromatic rings. The highest BCUT2D eigenvalue weighted by Crippen LogP contribution is 2.49. The summed E-state index contributed by atoms with van der Waals surface area (Å²) in [5.41, 5.74) is 9.67. The van der Waals surface area contributed by atoms with Gasteiger partial charge in [-0.05, 0) is 98.2 Å². The van der Waals surface area contributed by atoms with E-state index in [0.717, 1.165) is 48.4 Å². The summed E-state index contributed by atoms with van der Waals surface area (Å²) < 4.78 is 34.5. The van der Waals surface area contributed by atoms with Gasteiger partial charge in [-0.3, -0.25) is 9.59 Å². The van der Waals surface area contributed by atoms with Crippen LogP contribution < -0.4 is 11.1 Å². The van der Waals surface area contributed by atoms with Crippen molar-refractivity contribution >= 4 is 11.8 Å². The second-order valence-electron chi connectivity index (χ2n) is 11.6. The minimum absolute atomic E-state index is 0.0723. The molecule has 1 saturated carbocycles. The SMILES string of the molecule is C#Cc1cccc(C2(OCC(N)[C@H](Cc3cc(F)cc(F)c3)NC(=O)c3cc(C)cc(C(=O)N(CCC)CCC)c3)CC2)c1. The summed E-state index contributed by atoms with van der Waals surface area (Å²) in [6.07, 6.45) is 8.90. The second-order valence-corrected chi connectivity index (χ2v) is 11.6. The Kier molecular flexibility index (Phi) is 10.9. The molecule has 1 unspecified atom stereocenters. The average molecular weight is 602 g/mol. The Labute approximate surface area is 259 Å². The molecule has 0 radical (unpaired) electrons. The molecule has 3 N–H and O–H groups in total. The third kappa shape index (κ3) is 8.31. The van der Waals surface area contributed by atoms with Gasteiger partial charge >= 0.3 is 0 Å². The zero-order chi connectivity index (χ0) is 31.9. The van der Waals surface area contributed by atoms with Crippen molar-refractivity contribution in [1.29, 1.82) is 0 Å². The maximum atomic E-state index is 14.1. The van der Waals surface area contributed by atoms with E-state index in [1.54, 1.807) is 23.1 Å². The van der Waals surface area contributed by atoms with Gasteiger partial charge in [0, 0.05) is 41.9 Å². The number of carbonyl (C=O) groups is 2. The van der Waals surface area contributed by atoms with Crippen LogP contribution in [0.1, 0.15) is 82.5 Å².